The lowest BCUT2D eigenvalue weighted by Crippen LogP contribution is -2.22. The second kappa shape index (κ2) is 6.82. The number of rotatable bonds is 6. The van der Waals surface area contributed by atoms with Crippen LogP contribution in [0, 0.1) is 0 Å². The number of benzene rings is 1. The molecule has 0 aliphatic heterocycles. The van der Waals surface area contributed by atoms with Gasteiger partial charge in [-0.1, -0.05) is 28.1 Å². The molecule has 0 radical (unpaired) electrons. The van der Waals surface area contributed by atoms with Crippen molar-refractivity contribution >= 4 is 37.3 Å². The monoisotopic (exact) mass is 374 g/mol. The molecule has 2 aromatic rings. The van der Waals surface area contributed by atoms with Gasteiger partial charge >= 0.3 is 0 Å². The minimum Gasteiger partial charge on any atom is -0.315 e. The fraction of sp³-hybridized carbons (Fsp3) is 0.231. The molecule has 0 saturated carbocycles. The van der Waals surface area contributed by atoms with E-state index in [1.165, 1.54) is 11.3 Å². The van der Waals surface area contributed by atoms with Crippen LogP contribution in [0.5, 0.6) is 0 Å². The van der Waals surface area contributed by atoms with Crippen LogP contribution in [0.25, 0.3) is 0 Å². The molecule has 20 heavy (non-hydrogen) atoms. The van der Waals surface area contributed by atoms with Crippen LogP contribution >= 0.6 is 27.3 Å². The number of nitrogens with one attached hydrogen (secondary N) is 2. The third-order valence-corrected chi connectivity index (χ3v) is 6.08. The van der Waals surface area contributed by atoms with E-state index < -0.39 is 10.0 Å². The van der Waals surface area contributed by atoms with Crippen LogP contribution < -0.4 is 10.0 Å². The van der Waals surface area contributed by atoms with Gasteiger partial charge in [0.25, 0.3) is 0 Å². The lowest BCUT2D eigenvalue weighted by Gasteiger charge is -2.05. The first kappa shape index (κ1) is 15.7. The van der Waals surface area contributed by atoms with Crippen LogP contribution in [0.2, 0.25) is 0 Å². The van der Waals surface area contributed by atoms with E-state index in [9.17, 15) is 8.42 Å². The molecular weight excluding hydrogens is 360 g/mol. The maximum Gasteiger partial charge on any atom is 0.250 e. The number of sulfonamides is 1. The molecule has 0 aliphatic carbocycles. The highest BCUT2D eigenvalue weighted by molar-refractivity contribution is 9.10. The van der Waals surface area contributed by atoms with Gasteiger partial charge in [-0.15, -0.1) is 11.3 Å². The van der Waals surface area contributed by atoms with Crippen molar-refractivity contribution in [1.82, 2.24) is 10.0 Å². The van der Waals surface area contributed by atoms with E-state index in [0.717, 1.165) is 14.9 Å². The molecule has 2 rings (SSSR count). The van der Waals surface area contributed by atoms with Crippen molar-refractivity contribution in [3.8, 4) is 0 Å². The SMILES string of the molecule is CNCc1ccc(S(=O)(=O)NCc2cccc(Br)c2)s1. The molecule has 0 unspecified atom stereocenters. The Labute approximate surface area is 131 Å². The highest BCUT2D eigenvalue weighted by Crippen LogP contribution is 2.21. The van der Waals surface area contributed by atoms with Crippen LogP contribution in [-0.4, -0.2) is 15.5 Å². The Hall–Kier alpha value is -0.730. The van der Waals surface area contributed by atoms with Crippen LogP contribution in [-0.2, 0) is 23.1 Å². The third-order valence-electron chi connectivity index (χ3n) is 2.61. The summed E-state index contributed by atoms with van der Waals surface area (Å²) in [5.41, 5.74) is 0.912. The average Bonchev–Trinajstić information content (AvgIpc) is 2.87. The standard InChI is InChI=1S/C13H15BrN2O2S2/c1-15-9-12-5-6-13(19-12)20(17,18)16-8-10-3-2-4-11(14)7-10/h2-7,15-16H,8-9H2,1H3. The van der Waals surface area contributed by atoms with Gasteiger partial charge in [-0.2, -0.15) is 0 Å². The van der Waals surface area contributed by atoms with Crippen molar-refractivity contribution in [1.29, 1.82) is 0 Å². The summed E-state index contributed by atoms with van der Waals surface area (Å²) >= 11 is 4.65. The Balaban J connectivity index is 2.06. The molecule has 0 fully saturated rings. The predicted octanol–water partition coefficient (Wildman–Crippen LogP) is 2.71. The summed E-state index contributed by atoms with van der Waals surface area (Å²) in [7, 11) is -1.61. The van der Waals surface area contributed by atoms with Crippen molar-refractivity contribution in [2.45, 2.75) is 17.3 Å². The van der Waals surface area contributed by atoms with Gasteiger partial charge in [0.2, 0.25) is 10.0 Å². The average molecular weight is 375 g/mol. The minimum atomic E-state index is -3.44. The van der Waals surface area contributed by atoms with Gasteiger partial charge in [-0.05, 0) is 36.9 Å². The highest BCUT2D eigenvalue weighted by Gasteiger charge is 2.16. The van der Waals surface area contributed by atoms with Crippen molar-refractivity contribution < 1.29 is 8.42 Å². The minimum absolute atomic E-state index is 0.279. The first-order valence-electron chi connectivity index (χ1n) is 5.99. The van der Waals surface area contributed by atoms with Gasteiger partial charge in [-0.3, -0.25) is 0 Å². The van der Waals surface area contributed by atoms with E-state index in [-0.39, 0.29) is 6.54 Å². The zero-order chi connectivity index (χ0) is 14.6. The van der Waals surface area contributed by atoms with E-state index in [2.05, 4.69) is 26.0 Å². The van der Waals surface area contributed by atoms with Crippen molar-refractivity contribution in [2.75, 3.05) is 7.05 Å². The molecule has 7 heteroatoms. The number of hydrogen-bond donors (Lipinski definition) is 2. The molecule has 0 saturated heterocycles. The second-order valence-corrected chi connectivity index (χ2v) is 8.28. The summed E-state index contributed by atoms with van der Waals surface area (Å²) in [4.78, 5) is 0.996. The zero-order valence-electron chi connectivity index (χ0n) is 10.9. The van der Waals surface area contributed by atoms with E-state index >= 15 is 0 Å². The molecule has 1 aromatic carbocycles. The van der Waals surface area contributed by atoms with Crippen LogP contribution in [0.4, 0.5) is 0 Å². The Morgan fingerprint density at radius 1 is 1.20 bits per heavy atom. The maximum atomic E-state index is 12.2. The Morgan fingerprint density at radius 3 is 2.70 bits per heavy atom. The summed E-state index contributed by atoms with van der Waals surface area (Å²) in [6, 6.07) is 11.0. The third kappa shape index (κ3) is 4.13. The summed E-state index contributed by atoms with van der Waals surface area (Å²) in [6.45, 7) is 0.951. The summed E-state index contributed by atoms with van der Waals surface area (Å²) in [5.74, 6) is 0. The molecule has 0 amide bonds. The fourth-order valence-electron chi connectivity index (χ4n) is 1.67. The van der Waals surface area contributed by atoms with Gasteiger partial charge < -0.3 is 5.32 Å². The molecule has 2 N–H and O–H groups in total. The molecule has 0 aliphatic rings. The number of thiophene rings is 1. The van der Waals surface area contributed by atoms with Crippen molar-refractivity contribution in [3.05, 3.63) is 51.3 Å². The van der Waals surface area contributed by atoms with Crippen LogP contribution in [0.1, 0.15) is 10.4 Å². The maximum absolute atomic E-state index is 12.2. The van der Waals surface area contributed by atoms with Gasteiger partial charge in [-0.25, -0.2) is 13.1 Å². The molecule has 1 aromatic heterocycles. The van der Waals surface area contributed by atoms with E-state index in [4.69, 9.17) is 0 Å². The van der Waals surface area contributed by atoms with Crippen LogP contribution in [0.15, 0.2) is 45.1 Å². The van der Waals surface area contributed by atoms with Gasteiger partial charge in [0.15, 0.2) is 0 Å². The van der Waals surface area contributed by atoms with Gasteiger partial charge in [0.1, 0.15) is 4.21 Å². The first-order valence-corrected chi connectivity index (χ1v) is 9.08. The topological polar surface area (TPSA) is 58.2 Å². The normalized spacial score (nSPS) is 11.7. The van der Waals surface area contributed by atoms with E-state index in [0.29, 0.717) is 10.8 Å². The Morgan fingerprint density at radius 2 is 2.00 bits per heavy atom. The predicted molar refractivity (Wildman–Crippen MR) is 85.3 cm³/mol. The molecule has 0 bridgehead atoms. The zero-order valence-corrected chi connectivity index (χ0v) is 14.1. The number of halogens is 1. The first-order chi connectivity index (χ1) is 9.51. The van der Waals surface area contributed by atoms with E-state index in [1.54, 1.807) is 6.07 Å². The quantitative estimate of drug-likeness (QED) is 0.816. The Kier molecular flexibility index (Phi) is 5.34. The smallest absolute Gasteiger partial charge is 0.250 e. The van der Waals surface area contributed by atoms with E-state index in [1.807, 2.05) is 37.4 Å². The lowest BCUT2D eigenvalue weighted by molar-refractivity contribution is 0.583. The molecule has 1 heterocycles. The lowest BCUT2D eigenvalue weighted by atomic mass is 10.2. The molecular formula is C13H15BrN2O2S2. The largest absolute Gasteiger partial charge is 0.315 e. The van der Waals surface area contributed by atoms with Gasteiger partial charge in [0.05, 0.1) is 0 Å². The molecule has 4 nitrogen and oxygen atoms in total. The summed E-state index contributed by atoms with van der Waals surface area (Å²) < 4.78 is 28.2. The second-order valence-electron chi connectivity index (χ2n) is 4.21. The fourth-order valence-corrected chi connectivity index (χ4v) is 4.54. The molecule has 0 atom stereocenters. The molecule has 0 spiro atoms. The Bertz CT molecular complexity index is 683. The summed E-state index contributed by atoms with van der Waals surface area (Å²) in [5, 5.41) is 3.00. The summed E-state index contributed by atoms with van der Waals surface area (Å²) in [6.07, 6.45) is 0. The highest BCUT2D eigenvalue weighted by atomic mass is 79.9. The molecule has 108 valence electrons. The van der Waals surface area contributed by atoms with Crippen molar-refractivity contribution in [2.24, 2.45) is 0 Å². The number of hydrogen-bond acceptors (Lipinski definition) is 4. The van der Waals surface area contributed by atoms with Crippen LogP contribution in [0.3, 0.4) is 0 Å². The van der Waals surface area contributed by atoms with Crippen molar-refractivity contribution in [3.63, 3.8) is 0 Å². The van der Waals surface area contributed by atoms with Gasteiger partial charge in [0, 0.05) is 22.4 Å².